The Hall–Kier alpha value is -0.500. The average molecular weight is 162 g/mol. The molecule has 0 unspecified atom stereocenters. The van der Waals surface area contributed by atoms with Crippen LogP contribution < -0.4 is 0 Å². The molecule has 0 atom stereocenters. The second kappa shape index (κ2) is 4.34. The number of halogens is 1. The summed E-state index contributed by atoms with van der Waals surface area (Å²) in [5.41, 5.74) is 0. The first-order valence-corrected chi connectivity index (χ1v) is 3.56. The molecule has 58 valence electrons. The lowest BCUT2D eigenvalue weighted by molar-refractivity contribution is -0.126. The van der Waals surface area contributed by atoms with Gasteiger partial charge in [-0.05, 0) is 13.8 Å². The summed E-state index contributed by atoms with van der Waals surface area (Å²) in [7, 11) is 0. The summed E-state index contributed by atoms with van der Waals surface area (Å²) in [6, 6.07) is 0. The van der Waals surface area contributed by atoms with E-state index in [2.05, 4.69) is 0 Å². The standard InChI is InChI=1S/C7H12ClNO/c1-4-9(7(3)10)5-6(2)8/h5H,4H2,1-3H3. The van der Waals surface area contributed by atoms with Crippen LogP contribution in [0.5, 0.6) is 0 Å². The molecule has 2 nitrogen and oxygen atoms in total. The van der Waals surface area contributed by atoms with Crippen molar-refractivity contribution in [3.05, 3.63) is 11.2 Å². The van der Waals surface area contributed by atoms with Gasteiger partial charge in [0.1, 0.15) is 0 Å². The van der Waals surface area contributed by atoms with Gasteiger partial charge in [0.25, 0.3) is 0 Å². The monoisotopic (exact) mass is 161 g/mol. The number of rotatable bonds is 2. The van der Waals surface area contributed by atoms with Crippen molar-refractivity contribution in [2.45, 2.75) is 20.8 Å². The minimum atomic E-state index is 0.0162. The van der Waals surface area contributed by atoms with Crippen molar-refractivity contribution >= 4 is 17.5 Å². The largest absolute Gasteiger partial charge is 0.318 e. The van der Waals surface area contributed by atoms with Gasteiger partial charge in [-0.25, -0.2) is 0 Å². The van der Waals surface area contributed by atoms with Crippen LogP contribution in [-0.2, 0) is 4.79 Å². The quantitative estimate of drug-likeness (QED) is 0.607. The highest BCUT2D eigenvalue weighted by Crippen LogP contribution is 2.01. The van der Waals surface area contributed by atoms with Gasteiger partial charge in [0, 0.05) is 24.7 Å². The van der Waals surface area contributed by atoms with Gasteiger partial charge < -0.3 is 4.90 Å². The van der Waals surface area contributed by atoms with Gasteiger partial charge in [-0.1, -0.05) is 11.6 Å². The van der Waals surface area contributed by atoms with Gasteiger partial charge in [0.05, 0.1) is 0 Å². The predicted molar refractivity (Wildman–Crippen MR) is 42.7 cm³/mol. The third kappa shape index (κ3) is 3.51. The van der Waals surface area contributed by atoms with Crippen LogP contribution in [0.15, 0.2) is 11.2 Å². The van der Waals surface area contributed by atoms with Crippen molar-refractivity contribution < 1.29 is 4.79 Å². The van der Waals surface area contributed by atoms with Gasteiger partial charge in [0.2, 0.25) is 5.91 Å². The van der Waals surface area contributed by atoms with Crippen LogP contribution in [0.3, 0.4) is 0 Å². The van der Waals surface area contributed by atoms with Crippen molar-refractivity contribution in [1.82, 2.24) is 4.90 Å². The Morgan fingerprint density at radius 2 is 2.10 bits per heavy atom. The zero-order valence-electron chi connectivity index (χ0n) is 6.52. The second-order valence-corrected chi connectivity index (χ2v) is 2.62. The number of hydrogen-bond acceptors (Lipinski definition) is 1. The van der Waals surface area contributed by atoms with E-state index in [-0.39, 0.29) is 5.91 Å². The molecule has 3 heteroatoms. The minimum Gasteiger partial charge on any atom is -0.318 e. The summed E-state index contributed by atoms with van der Waals surface area (Å²) >= 11 is 5.56. The van der Waals surface area contributed by atoms with E-state index in [4.69, 9.17) is 11.6 Å². The normalized spacial score (nSPS) is 11.4. The fraction of sp³-hybridized carbons (Fsp3) is 0.571. The van der Waals surface area contributed by atoms with Crippen molar-refractivity contribution in [2.24, 2.45) is 0 Å². The molecule has 0 aliphatic heterocycles. The second-order valence-electron chi connectivity index (χ2n) is 2.02. The molecule has 0 N–H and O–H groups in total. The lowest BCUT2D eigenvalue weighted by Crippen LogP contribution is -2.22. The van der Waals surface area contributed by atoms with Crippen LogP contribution in [0.4, 0.5) is 0 Å². The van der Waals surface area contributed by atoms with Crippen LogP contribution in [-0.4, -0.2) is 17.4 Å². The predicted octanol–water partition coefficient (Wildman–Crippen LogP) is 1.95. The van der Waals surface area contributed by atoms with Gasteiger partial charge >= 0.3 is 0 Å². The van der Waals surface area contributed by atoms with E-state index in [9.17, 15) is 4.79 Å². The smallest absolute Gasteiger partial charge is 0.223 e. The third-order valence-electron chi connectivity index (χ3n) is 1.08. The molecule has 0 rings (SSSR count). The molecule has 0 spiro atoms. The lowest BCUT2D eigenvalue weighted by atomic mass is 10.5. The average Bonchev–Trinajstić information content (AvgIpc) is 1.81. The Kier molecular flexibility index (Phi) is 4.12. The number of nitrogens with zero attached hydrogens (tertiary/aromatic N) is 1. The maximum Gasteiger partial charge on any atom is 0.223 e. The van der Waals surface area contributed by atoms with Crippen LogP contribution >= 0.6 is 11.6 Å². The Morgan fingerprint density at radius 1 is 1.60 bits per heavy atom. The van der Waals surface area contributed by atoms with E-state index in [0.29, 0.717) is 11.6 Å². The molecule has 0 saturated carbocycles. The molecular formula is C7H12ClNO. The third-order valence-corrected chi connectivity index (χ3v) is 1.18. The maximum atomic E-state index is 10.7. The summed E-state index contributed by atoms with van der Waals surface area (Å²) in [5.74, 6) is 0.0162. The highest BCUT2D eigenvalue weighted by atomic mass is 35.5. The topological polar surface area (TPSA) is 20.3 Å². The highest BCUT2D eigenvalue weighted by molar-refractivity contribution is 6.29. The molecule has 0 fully saturated rings. The molecule has 0 aliphatic carbocycles. The Labute approximate surface area is 66.5 Å². The molecule has 0 heterocycles. The van der Waals surface area contributed by atoms with Crippen LogP contribution in [0.1, 0.15) is 20.8 Å². The Morgan fingerprint density at radius 3 is 2.20 bits per heavy atom. The van der Waals surface area contributed by atoms with Gasteiger partial charge in [-0.15, -0.1) is 0 Å². The molecule has 0 aromatic carbocycles. The molecule has 0 aliphatic rings. The number of amides is 1. The maximum absolute atomic E-state index is 10.7. The highest BCUT2D eigenvalue weighted by Gasteiger charge is 2.00. The number of hydrogen-bond donors (Lipinski definition) is 0. The van der Waals surface area contributed by atoms with Crippen LogP contribution in [0.25, 0.3) is 0 Å². The van der Waals surface area contributed by atoms with Crippen LogP contribution in [0.2, 0.25) is 0 Å². The van der Waals surface area contributed by atoms with Gasteiger partial charge in [-0.3, -0.25) is 4.79 Å². The van der Waals surface area contributed by atoms with E-state index in [0.717, 1.165) is 0 Å². The molecule has 10 heavy (non-hydrogen) atoms. The molecule has 1 amide bonds. The Balaban J connectivity index is 4.09. The fourth-order valence-corrected chi connectivity index (χ4v) is 0.737. The van der Waals surface area contributed by atoms with Crippen molar-refractivity contribution in [2.75, 3.05) is 6.54 Å². The van der Waals surface area contributed by atoms with Crippen molar-refractivity contribution in [3.63, 3.8) is 0 Å². The lowest BCUT2D eigenvalue weighted by Gasteiger charge is -2.12. The summed E-state index contributed by atoms with van der Waals surface area (Å²) in [6.45, 7) is 5.82. The summed E-state index contributed by atoms with van der Waals surface area (Å²) < 4.78 is 0. The first-order chi connectivity index (χ1) is 4.57. The van der Waals surface area contributed by atoms with Gasteiger partial charge in [0.15, 0.2) is 0 Å². The Bertz CT molecular complexity index is 150. The number of allylic oxidation sites excluding steroid dienone is 1. The molecule has 0 saturated heterocycles. The van der Waals surface area contributed by atoms with Crippen molar-refractivity contribution in [3.8, 4) is 0 Å². The first kappa shape index (κ1) is 9.50. The summed E-state index contributed by atoms with van der Waals surface area (Å²) in [4.78, 5) is 12.3. The van der Waals surface area contributed by atoms with Gasteiger partial charge in [-0.2, -0.15) is 0 Å². The summed E-state index contributed by atoms with van der Waals surface area (Å²) in [6.07, 6.45) is 1.63. The zero-order chi connectivity index (χ0) is 8.15. The molecule has 0 aromatic rings. The van der Waals surface area contributed by atoms with E-state index in [1.165, 1.54) is 6.92 Å². The number of carbonyl (C=O) groups excluding carboxylic acids is 1. The van der Waals surface area contributed by atoms with E-state index in [1.807, 2.05) is 6.92 Å². The summed E-state index contributed by atoms with van der Waals surface area (Å²) in [5, 5.41) is 0.622. The SMILES string of the molecule is CCN(C=C(C)Cl)C(C)=O. The minimum absolute atomic E-state index is 0.0162. The zero-order valence-corrected chi connectivity index (χ0v) is 7.27. The van der Waals surface area contributed by atoms with E-state index < -0.39 is 0 Å². The number of carbonyl (C=O) groups is 1. The van der Waals surface area contributed by atoms with E-state index >= 15 is 0 Å². The molecule has 0 aromatic heterocycles. The van der Waals surface area contributed by atoms with Crippen molar-refractivity contribution in [1.29, 1.82) is 0 Å². The molecule has 0 radical (unpaired) electrons. The van der Waals surface area contributed by atoms with Crippen LogP contribution in [0, 0.1) is 0 Å². The fourth-order valence-electron chi connectivity index (χ4n) is 0.620. The molecular weight excluding hydrogens is 150 g/mol. The van der Waals surface area contributed by atoms with E-state index in [1.54, 1.807) is 18.0 Å². The first-order valence-electron chi connectivity index (χ1n) is 3.19. The molecule has 0 bridgehead atoms.